The summed E-state index contributed by atoms with van der Waals surface area (Å²) in [5, 5.41) is 17.4. The Morgan fingerprint density at radius 1 is 0.974 bits per heavy atom. The SMILES string of the molecule is C[C@@H](Oc1nc(N2C[C@H]3CC[C@@H](C2)N3)c2ccc(-c3cc(O)cc4ccccc34)cc2n1)[C@@H]1CCCN1C. The van der Waals surface area contributed by atoms with Gasteiger partial charge >= 0.3 is 6.01 Å². The van der Waals surface area contributed by atoms with E-state index in [1.54, 1.807) is 0 Å². The van der Waals surface area contributed by atoms with E-state index in [4.69, 9.17) is 14.7 Å². The van der Waals surface area contributed by atoms with Crippen LogP contribution in [0.1, 0.15) is 32.6 Å². The van der Waals surface area contributed by atoms with E-state index in [2.05, 4.69) is 53.4 Å². The molecule has 7 nitrogen and oxygen atoms in total. The van der Waals surface area contributed by atoms with Crippen molar-refractivity contribution in [2.75, 3.05) is 31.6 Å². The highest BCUT2D eigenvalue weighted by Crippen LogP contribution is 2.37. The molecule has 0 aliphatic carbocycles. The molecule has 0 amide bonds. The number of nitrogens with zero attached hydrogens (tertiary/aromatic N) is 4. The number of phenolic OH excluding ortho intramolecular Hbond substituents is 1. The number of benzene rings is 3. The molecule has 3 aromatic carbocycles. The van der Waals surface area contributed by atoms with Gasteiger partial charge in [-0.25, -0.2) is 0 Å². The summed E-state index contributed by atoms with van der Waals surface area (Å²) in [6.45, 7) is 5.14. The second-order valence-corrected chi connectivity index (χ2v) is 11.3. The highest BCUT2D eigenvalue weighted by molar-refractivity contribution is 6.00. The topological polar surface area (TPSA) is 73.8 Å². The van der Waals surface area contributed by atoms with Gasteiger partial charge in [0.25, 0.3) is 0 Å². The first kappa shape index (κ1) is 23.7. The van der Waals surface area contributed by atoms with Crippen LogP contribution in [0.15, 0.2) is 54.6 Å². The van der Waals surface area contributed by atoms with Gasteiger partial charge in [0, 0.05) is 36.6 Å². The second kappa shape index (κ2) is 9.40. The van der Waals surface area contributed by atoms with Gasteiger partial charge in [-0.15, -0.1) is 0 Å². The Bertz CT molecular complexity index is 1490. The number of ether oxygens (including phenoxy) is 1. The van der Waals surface area contributed by atoms with Crippen LogP contribution < -0.4 is 15.0 Å². The second-order valence-electron chi connectivity index (χ2n) is 11.3. The number of aromatic hydroxyl groups is 1. The summed E-state index contributed by atoms with van der Waals surface area (Å²) in [6, 6.07) is 20.1. The van der Waals surface area contributed by atoms with E-state index in [0.29, 0.717) is 24.1 Å². The molecule has 4 aromatic rings. The minimum absolute atomic E-state index is 0.00481. The van der Waals surface area contributed by atoms with Crippen molar-refractivity contribution in [2.24, 2.45) is 0 Å². The highest BCUT2D eigenvalue weighted by Gasteiger charge is 2.34. The van der Waals surface area contributed by atoms with Gasteiger partial charge in [-0.2, -0.15) is 9.97 Å². The molecule has 2 N–H and O–H groups in total. The van der Waals surface area contributed by atoms with Gasteiger partial charge in [0.05, 0.1) is 5.52 Å². The molecular formula is C31H35N5O2. The van der Waals surface area contributed by atoms with Crippen LogP contribution in [0.3, 0.4) is 0 Å². The van der Waals surface area contributed by atoms with Crippen LogP contribution in [0, 0.1) is 0 Å². The smallest absolute Gasteiger partial charge is 0.319 e. The van der Waals surface area contributed by atoms with Crippen molar-refractivity contribution in [3.63, 3.8) is 0 Å². The molecule has 7 heteroatoms. The highest BCUT2D eigenvalue weighted by atomic mass is 16.5. The minimum atomic E-state index is 0.00481. The van der Waals surface area contributed by atoms with Crippen molar-refractivity contribution in [2.45, 2.75) is 56.8 Å². The molecule has 196 valence electrons. The van der Waals surface area contributed by atoms with Crippen LogP contribution in [0.5, 0.6) is 11.8 Å². The zero-order valence-electron chi connectivity index (χ0n) is 22.1. The van der Waals surface area contributed by atoms with Gasteiger partial charge in [0.1, 0.15) is 17.7 Å². The number of piperazine rings is 1. The number of anilines is 1. The Morgan fingerprint density at radius 2 is 1.79 bits per heavy atom. The molecule has 0 spiro atoms. The van der Waals surface area contributed by atoms with Crippen LogP contribution in [0.25, 0.3) is 32.8 Å². The predicted octanol–water partition coefficient (Wildman–Crippen LogP) is 4.96. The Balaban J connectivity index is 1.33. The summed E-state index contributed by atoms with van der Waals surface area (Å²) in [7, 11) is 2.17. The lowest BCUT2D eigenvalue weighted by Gasteiger charge is -2.34. The van der Waals surface area contributed by atoms with E-state index in [1.165, 1.54) is 19.3 Å². The van der Waals surface area contributed by atoms with Crippen LogP contribution in [-0.4, -0.2) is 70.9 Å². The number of phenols is 1. The minimum Gasteiger partial charge on any atom is -0.508 e. The fraction of sp³-hybridized carbons (Fsp3) is 0.419. The molecule has 0 radical (unpaired) electrons. The Labute approximate surface area is 223 Å². The summed E-state index contributed by atoms with van der Waals surface area (Å²) in [5.74, 6) is 1.22. The van der Waals surface area contributed by atoms with E-state index in [0.717, 1.165) is 64.7 Å². The standard InChI is InChI=1S/C31H35N5O2/c1-19(29-8-5-13-35(29)2)38-31-33-28-15-21(27-16-24(37)14-20-6-3-4-7-25(20)27)9-12-26(28)30(34-31)36-17-22-10-11-23(18-36)32-22/h3-4,6-7,9,12,14-16,19,22-23,29,32,37H,5,8,10-11,13,17-18H2,1-2H3/t19-,22-,23+,29+/m1/s1. The number of rotatable bonds is 5. The van der Waals surface area contributed by atoms with Gasteiger partial charge in [-0.3, -0.25) is 4.90 Å². The lowest BCUT2D eigenvalue weighted by atomic mass is 9.97. The fourth-order valence-electron chi connectivity index (χ4n) is 6.83. The van der Waals surface area contributed by atoms with Crippen molar-refractivity contribution in [3.05, 3.63) is 54.6 Å². The summed E-state index contributed by atoms with van der Waals surface area (Å²) < 4.78 is 6.47. The molecule has 7 rings (SSSR count). The Kier molecular flexibility index (Phi) is 5.86. The number of hydrogen-bond acceptors (Lipinski definition) is 7. The summed E-state index contributed by atoms with van der Waals surface area (Å²) in [5.41, 5.74) is 2.88. The molecule has 4 atom stereocenters. The molecule has 3 saturated heterocycles. The number of likely N-dealkylation sites (N-methyl/N-ethyl adjacent to an activating group) is 1. The van der Waals surface area contributed by atoms with E-state index in [9.17, 15) is 5.11 Å². The fourth-order valence-corrected chi connectivity index (χ4v) is 6.83. The van der Waals surface area contributed by atoms with Crippen LogP contribution in [0.4, 0.5) is 5.82 Å². The molecule has 3 aliphatic rings. The van der Waals surface area contributed by atoms with Crippen molar-refractivity contribution in [3.8, 4) is 22.9 Å². The lowest BCUT2D eigenvalue weighted by Crippen LogP contribution is -2.51. The maximum Gasteiger partial charge on any atom is 0.319 e. The van der Waals surface area contributed by atoms with Gasteiger partial charge in [0.15, 0.2) is 0 Å². The predicted molar refractivity (Wildman–Crippen MR) is 152 cm³/mol. The van der Waals surface area contributed by atoms with Crippen molar-refractivity contribution in [1.82, 2.24) is 20.2 Å². The van der Waals surface area contributed by atoms with Gasteiger partial charge in [-0.05, 0) is 92.4 Å². The third-order valence-electron chi connectivity index (χ3n) is 8.74. The summed E-state index contributed by atoms with van der Waals surface area (Å²) in [4.78, 5) is 14.8. The Hall–Kier alpha value is -3.42. The quantitative estimate of drug-likeness (QED) is 0.394. The summed E-state index contributed by atoms with van der Waals surface area (Å²) in [6.07, 6.45) is 4.77. The lowest BCUT2D eigenvalue weighted by molar-refractivity contribution is 0.112. The van der Waals surface area contributed by atoms with Crippen LogP contribution in [-0.2, 0) is 0 Å². The first-order valence-corrected chi connectivity index (χ1v) is 13.9. The molecule has 0 saturated carbocycles. The van der Waals surface area contributed by atoms with E-state index in [-0.39, 0.29) is 11.9 Å². The van der Waals surface area contributed by atoms with Crippen molar-refractivity contribution in [1.29, 1.82) is 0 Å². The number of nitrogens with one attached hydrogen (secondary N) is 1. The largest absolute Gasteiger partial charge is 0.508 e. The number of aromatic nitrogens is 2. The molecule has 3 aliphatic heterocycles. The summed E-state index contributed by atoms with van der Waals surface area (Å²) >= 11 is 0. The zero-order chi connectivity index (χ0) is 25.8. The monoisotopic (exact) mass is 509 g/mol. The normalized spacial score (nSPS) is 24.4. The molecule has 38 heavy (non-hydrogen) atoms. The molecular weight excluding hydrogens is 474 g/mol. The number of fused-ring (bicyclic) bond motifs is 4. The molecule has 4 heterocycles. The van der Waals surface area contributed by atoms with Gasteiger partial charge in [-0.1, -0.05) is 30.3 Å². The van der Waals surface area contributed by atoms with Gasteiger partial charge in [0.2, 0.25) is 0 Å². The van der Waals surface area contributed by atoms with Gasteiger partial charge < -0.3 is 20.1 Å². The van der Waals surface area contributed by atoms with Crippen LogP contribution in [0.2, 0.25) is 0 Å². The first-order chi connectivity index (χ1) is 18.5. The average Bonchev–Trinajstić information content (AvgIpc) is 3.51. The zero-order valence-corrected chi connectivity index (χ0v) is 22.1. The maximum absolute atomic E-state index is 10.5. The van der Waals surface area contributed by atoms with Crippen molar-refractivity contribution < 1.29 is 9.84 Å². The van der Waals surface area contributed by atoms with Crippen molar-refractivity contribution >= 4 is 27.5 Å². The van der Waals surface area contributed by atoms with Crippen LogP contribution >= 0.6 is 0 Å². The maximum atomic E-state index is 10.5. The first-order valence-electron chi connectivity index (χ1n) is 13.9. The van der Waals surface area contributed by atoms with E-state index in [1.807, 2.05) is 30.3 Å². The third kappa shape index (κ3) is 4.24. The Morgan fingerprint density at radius 3 is 2.58 bits per heavy atom. The van der Waals surface area contributed by atoms with E-state index >= 15 is 0 Å². The molecule has 2 bridgehead atoms. The molecule has 0 unspecified atom stereocenters. The van der Waals surface area contributed by atoms with E-state index < -0.39 is 0 Å². The molecule has 3 fully saturated rings. The number of hydrogen-bond donors (Lipinski definition) is 2. The average molecular weight is 510 g/mol. The molecule has 1 aromatic heterocycles. The number of likely N-dealkylation sites (tertiary alicyclic amines) is 1. The third-order valence-corrected chi connectivity index (χ3v) is 8.74.